The van der Waals surface area contributed by atoms with E-state index >= 15 is 0 Å². The SMILES string of the molecule is Cc1c(C2CCN(S(=O)(=O)c3ccccc3F)CC2)c2ccccc2n1Cc1ccc(Cl)cc1. The lowest BCUT2D eigenvalue weighted by Crippen LogP contribution is -2.38. The molecule has 0 saturated carbocycles. The maximum Gasteiger partial charge on any atom is 0.245 e. The first-order valence-electron chi connectivity index (χ1n) is 11.4. The van der Waals surface area contributed by atoms with Crippen LogP contribution < -0.4 is 0 Å². The van der Waals surface area contributed by atoms with E-state index in [9.17, 15) is 12.8 Å². The average molecular weight is 497 g/mol. The number of benzene rings is 3. The van der Waals surface area contributed by atoms with Crippen molar-refractivity contribution >= 4 is 32.5 Å². The Labute approximate surface area is 204 Å². The highest BCUT2D eigenvalue weighted by Gasteiger charge is 2.33. The highest BCUT2D eigenvalue weighted by atomic mass is 35.5. The van der Waals surface area contributed by atoms with Crippen LogP contribution in [-0.4, -0.2) is 30.4 Å². The zero-order valence-electron chi connectivity index (χ0n) is 18.9. The molecule has 4 nitrogen and oxygen atoms in total. The third-order valence-corrected chi connectivity index (χ3v) is 9.03. The number of sulfonamides is 1. The first-order valence-corrected chi connectivity index (χ1v) is 13.2. The molecule has 0 amide bonds. The summed E-state index contributed by atoms with van der Waals surface area (Å²) in [6, 6.07) is 21.9. The Hall–Kier alpha value is -2.67. The van der Waals surface area contributed by atoms with Crippen molar-refractivity contribution in [3.8, 4) is 0 Å². The number of fused-ring (bicyclic) bond motifs is 1. The predicted molar refractivity (Wildman–Crippen MR) is 134 cm³/mol. The van der Waals surface area contributed by atoms with Crippen LogP contribution in [0.2, 0.25) is 5.02 Å². The fourth-order valence-corrected chi connectivity index (χ4v) is 6.79. The first-order chi connectivity index (χ1) is 16.4. The van der Waals surface area contributed by atoms with Crippen molar-refractivity contribution in [1.29, 1.82) is 0 Å². The topological polar surface area (TPSA) is 42.3 Å². The lowest BCUT2D eigenvalue weighted by atomic mass is 9.88. The van der Waals surface area contributed by atoms with E-state index in [0.717, 1.165) is 11.6 Å². The Morgan fingerprint density at radius 1 is 0.941 bits per heavy atom. The summed E-state index contributed by atoms with van der Waals surface area (Å²) in [7, 11) is -3.85. The number of para-hydroxylation sites is 1. The van der Waals surface area contributed by atoms with Gasteiger partial charge in [0.15, 0.2) is 0 Å². The third-order valence-electron chi connectivity index (χ3n) is 6.85. The van der Waals surface area contributed by atoms with Crippen LogP contribution in [0, 0.1) is 12.7 Å². The molecule has 0 radical (unpaired) electrons. The van der Waals surface area contributed by atoms with Gasteiger partial charge in [-0.15, -0.1) is 0 Å². The molecule has 2 heterocycles. The molecule has 1 aliphatic rings. The van der Waals surface area contributed by atoms with E-state index in [0.29, 0.717) is 25.9 Å². The van der Waals surface area contributed by atoms with Crippen molar-refractivity contribution in [3.63, 3.8) is 0 Å². The summed E-state index contributed by atoms with van der Waals surface area (Å²) < 4.78 is 44.0. The van der Waals surface area contributed by atoms with Gasteiger partial charge in [-0.2, -0.15) is 4.31 Å². The Morgan fingerprint density at radius 2 is 1.59 bits per heavy atom. The Bertz CT molecular complexity index is 1440. The molecule has 7 heteroatoms. The number of hydrogen-bond donors (Lipinski definition) is 0. The van der Waals surface area contributed by atoms with Gasteiger partial charge in [0, 0.05) is 41.3 Å². The number of nitrogens with zero attached hydrogens (tertiary/aromatic N) is 2. The number of rotatable bonds is 5. The van der Waals surface area contributed by atoms with E-state index < -0.39 is 15.8 Å². The number of piperidine rings is 1. The molecule has 1 saturated heterocycles. The van der Waals surface area contributed by atoms with Crippen molar-refractivity contribution in [2.75, 3.05) is 13.1 Å². The Kier molecular flexibility index (Phi) is 6.23. The zero-order chi connectivity index (χ0) is 23.9. The van der Waals surface area contributed by atoms with Gasteiger partial charge >= 0.3 is 0 Å². The first kappa shape index (κ1) is 23.1. The molecule has 0 atom stereocenters. The van der Waals surface area contributed by atoms with Gasteiger partial charge in [-0.3, -0.25) is 0 Å². The Morgan fingerprint density at radius 3 is 2.29 bits per heavy atom. The highest BCUT2D eigenvalue weighted by molar-refractivity contribution is 7.89. The maximum absolute atomic E-state index is 14.2. The van der Waals surface area contributed by atoms with Gasteiger partial charge in [0.1, 0.15) is 10.7 Å². The monoisotopic (exact) mass is 496 g/mol. The molecule has 0 spiro atoms. The standard InChI is InChI=1S/C27H26ClFN2O2S/c1-19-27(21-14-16-30(17-15-21)34(32,33)26-9-5-3-7-24(26)29)23-6-2-4-8-25(23)31(19)18-20-10-12-22(28)13-11-20/h2-13,21H,14-18H2,1H3. The smallest absolute Gasteiger partial charge is 0.245 e. The molecule has 1 aliphatic heterocycles. The van der Waals surface area contributed by atoms with E-state index in [1.54, 1.807) is 6.07 Å². The number of hydrogen-bond acceptors (Lipinski definition) is 2. The molecule has 1 aromatic heterocycles. The summed E-state index contributed by atoms with van der Waals surface area (Å²) >= 11 is 6.06. The molecule has 176 valence electrons. The molecule has 0 aliphatic carbocycles. The maximum atomic E-state index is 14.2. The van der Waals surface area contributed by atoms with Crippen molar-refractivity contribution in [3.05, 3.63) is 100 Å². The predicted octanol–water partition coefficient (Wildman–Crippen LogP) is 6.36. The van der Waals surface area contributed by atoms with Crippen molar-refractivity contribution in [1.82, 2.24) is 8.87 Å². The molecule has 34 heavy (non-hydrogen) atoms. The van der Waals surface area contributed by atoms with Gasteiger partial charge in [-0.1, -0.05) is 54.1 Å². The summed E-state index contributed by atoms with van der Waals surface area (Å²) in [5, 5.41) is 1.93. The third kappa shape index (κ3) is 4.15. The second kappa shape index (κ2) is 9.17. The van der Waals surface area contributed by atoms with E-state index in [4.69, 9.17) is 11.6 Å². The number of aromatic nitrogens is 1. The summed E-state index contributed by atoms with van der Waals surface area (Å²) in [6.07, 6.45) is 1.40. The van der Waals surface area contributed by atoms with Gasteiger partial charge in [0.05, 0.1) is 0 Å². The summed E-state index contributed by atoms with van der Waals surface area (Å²) in [6.45, 7) is 3.63. The van der Waals surface area contributed by atoms with Crippen molar-refractivity contribution in [2.45, 2.75) is 37.1 Å². The molecule has 0 unspecified atom stereocenters. The number of halogens is 2. The van der Waals surface area contributed by atoms with Gasteiger partial charge in [-0.25, -0.2) is 12.8 Å². The summed E-state index contributed by atoms with van der Waals surface area (Å²) in [5.74, 6) is -0.464. The quantitative estimate of drug-likeness (QED) is 0.322. The summed E-state index contributed by atoms with van der Waals surface area (Å²) in [5.41, 5.74) is 4.83. The molecule has 5 rings (SSSR count). The lowest BCUT2D eigenvalue weighted by Gasteiger charge is -2.31. The molecule has 3 aromatic carbocycles. The molecular weight excluding hydrogens is 471 g/mol. The van der Waals surface area contributed by atoms with E-state index in [1.165, 1.54) is 50.2 Å². The molecular formula is C27H26ClFN2O2S. The van der Waals surface area contributed by atoms with Crippen LogP contribution in [0.25, 0.3) is 10.9 Å². The molecule has 0 N–H and O–H groups in total. The molecule has 1 fully saturated rings. The highest BCUT2D eigenvalue weighted by Crippen LogP contribution is 2.39. The van der Waals surface area contributed by atoms with Crippen LogP contribution in [0.3, 0.4) is 0 Å². The zero-order valence-corrected chi connectivity index (χ0v) is 20.5. The van der Waals surface area contributed by atoms with Crippen LogP contribution in [0.15, 0.2) is 77.7 Å². The molecule has 0 bridgehead atoms. The van der Waals surface area contributed by atoms with Crippen LogP contribution in [0.4, 0.5) is 4.39 Å². The minimum atomic E-state index is -3.85. The normalized spacial score (nSPS) is 15.7. The van der Waals surface area contributed by atoms with Crippen LogP contribution in [0.1, 0.15) is 35.6 Å². The van der Waals surface area contributed by atoms with E-state index in [1.807, 2.05) is 30.3 Å². The van der Waals surface area contributed by atoms with E-state index in [-0.39, 0.29) is 10.8 Å². The largest absolute Gasteiger partial charge is 0.340 e. The lowest BCUT2D eigenvalue weighted by molar-refractivity contribution is 0.318. The van der Waals surface area contributed by atoms with Gasteiger partial charge in [-0.05, 0) is 67.1 Å². The minimum absolute atomic E-state index is 0.239. The van der Waals surface area contributed by atoms with Crippen LogP contribution in [0.5, 0.6) is 0 Å². The van der Waals surface area contributed by atoms with Crippen LogP contribution >= 0.6 is 11.6 Å². The van der Waals surface area contributed by atoms with Crippen LogP contribution in [-0.2, 0) is 16.6 Å². The van der Waals surface area contributed by atoms with Crippen molar-refractivity contribution in [2.24, 2.45) is 0 Å². The van der Waals surface area contributed by atoms with Gasteiger partial charge in [0.25, 0.3) is 0 Å². The van der Waals surface area contributed by atoms with E-state index in [2.05, 4.69) is 29.7 Å². The van der Waals surface area contributed by atoms with Crippen molar-refractivity contribution < 1.29 is 12.8 Å². The second-order valence-electron chi connectivity index (χ2n) is 8.84. The summed E-state index contributed by atoms with van der Waals surface area (Å²) in [4.78, 5) is -0.246. The fourth-order valence-electron chi connectivity index (χ4n) is 5.13. The fraction of sp³-hybridized carbons (Fsp3) is 0.259. The van der Waals surface area contributed by atoms with Gasteiger partial charge < -0.3 is 4.57 Å². The molecule has 4 aromatic rings. The van der Waals surface area contributed by atoms with Gasteiger partial charge in [0.2, 0.25) is 10.0 Å². The second-order valence-corrected chi connectivity index (χ2v) is 11.2. The average Bonchev–Trinajstić information content (AvgIpc) is 3.12. The Balaban J connectivity index is 1.43. The minimum Gasteiger partial charge on any atom is -0.340 e.